The molecule has 0 radical (unpaired) electrons. The molecular formula is C15H18N2O3S2. The number of aromatic nitrogens is 2. The van der Waals surface area contributed by atoms with Gasteiger partial charge in [-0.1, -0.05) is 11.8 Å². The molecule has 0 fully saturated rings. The number of carbonyl (C=O) groups is 2. The van der Waals surface area contributed by atoms with Crippen LogP contribution in [0.2, 0.25) is 0 Å². The van der Waals surface area contributed by atoms with E-state index in [1.165, 1.54) is 30.2 Å². The Labute approximate surface area is 137 Å². The third-order valence-electron chi connectivity index (χ3n) is 3.32. The molecule has 5 nitrogen and oxygen atoms in total. The fraction of sp³-hybridized carbons (Fsp3) is 0.400. The van der Waals surface area contributed by atoms with Gasteiger partial charge in [-0.15, -0.1) is 11.3 Å². The van der Waals surface area contributed by atoms with Crippen molar-refractivity contribution in [3.8, 4) is 0 Å². The molecule has 22 heavy (non-hydrogen) atoms. The Kier molecular flexibility index (Phi) is 5.08. The number of aryl methyl sites for hydroxylation is 2. The van der Waals surface area contributed by atoms with Gasteiger partial charge < -0.3 is 9.72 Å². The van der Waals surface area contributed by atoms with E-state index in [1.807, 2.05) is 19.2 Å². The Hall–Kier alpha value is -1.60. The summed E-state index contributed by atoms with van der Waals surface area (Å²) in [5.41, 5.74) is 3.14. The van der Waals surface area contributed by atoms with Gasteiger partial charge in [-0.2, -0.15) is 0 Å². The number of thioether (sulfide) groups is 1. The minimum Gasteiger partial charge on any atom is -0.465 e. The third kappa shape index (κ3) is 3.25. The molecule has 0 amide bonds. The average Bonchev–Trinajstić information content (AvgIpc) is 3.00. The quantitative estimate of drug-likeness (QED) is 0.513. The minimum atomic E-state index is -0.429. The number of hydrogen-bond donors (Lipinski definition) is 1. The van der Waals surface area contributed by atoms with Crippen LogP contribution in [0.15, 0.2) is 9.72 Å². The van der Waals surface area contributed by atoms with Gasteiger partial charge in [0.1, 0.15) is 0 Å². The number of Topliss-reactive ketones (excluding diaryl/α,β-unsaturated/α-hetero) is 1. The molecule has 0 spiro atoms. The molecule has 1 unspecified atom stereocenters. The van der Waals surface area contributed by atoms with Gasteiger partial charge >= 0.3 is 5.97 Å². The van der Waals surface area contributed by atoms with Crippen LogP contribution < -0.4 is 0 Å². The number of nitrogens with zero attached hydrogens (tertiary/aromatic N) is 1. The average molecular weight is 338 g/mol. The first-order valence-corrected chi connectivity index (χ1v) is 8.51. The Balaban J connectivity index is 2.24. The Bertz CT molecular complexity index is 718. The van der Waals surface area contributed by atoms with Crippen molar-refractivity contribution in [3.05, 3.63) is 33.6 Å². The highest BCUT2D eigenvalue weighted by Crippen LogP contribution is 2.30. The number of esters is 1. The fourth-order valence-corrected chi connectivity index (χ4v) is 4.24. The molecule has 7 heteroatoms. The van der Waals surface area contributed by atoms with Crippen molar-refractivity contribution in [2.75, 3.05) is 7.11 Å². The zero-order valence-corrected chi connectivity index (χ0v) is 14.8. The highest BCUT2D eigenvalue weighted by molar-refractivity contribution is 8.02. The maximum absolute atomic E-state index is 12.6. The van der Waals surface area contributed by atoms with E-state index in [0.29, 0.717) is 22.5 Å². The molecule has 118 valence electrons. The van der Waals surface area contributed by atoms with Crippen molar-refractivity contribution in [1.29, 1.82) is 0 Å². The first-order chi connectivity index (χ1) is 10.3. The van der Waals surface area contributed by atoms with Crippen molar-refractivity contribution >= 4 is 34.9 Å². The lowest BCUT2D eigenvalue weighted by molar-refractivity contribution is 0.0599. The molecule has 2 aromatic heterocycles. The largest absolute Gasteiger partial charge is 0.465 e. The monoisotopic (exact) mass is 338 g/mol. The summed E-state index contributed by atoms with van der Waals surface area (Å²) < 4.78 is 5.63. The molecule has 1 atom stereocenters. The molecule has 1 N–H and O–H groups in total. The normalized spacial score (nSPS) is 12.2. The van der Waals surface area contributed by atoms with Crippen molar-refractivity contribution in [2.45, 2.75) is 37.3 Å². The molecule has 0 aromatic carbocycles. The lowest BCUT2D eigenvalue weighted by Crippen LogP contribution is -2.15. The summed E-state index contributed by atoms with van der Waals surface area (Å²) in [6.45, 7) is 7.29. The van der Waals surface area contributed by atoms with Crippen LogP contribution in [0.1, 0.15) is 44.7 Å². The maximum Gasteiger partial charge on any atom is 0.339 e. The minimum absolute atomic E-state index is 0.0476. The Morgan fingerprint density at radius 1 is 1.36 bits per heavy atom. The first-order valence-electron chi connectivity index (χ1n) is 6.75. The van der Waals surface area contributed by atoms with Gasteiger partial charge in [-0.05, 0) is 33.3 Å². The van der Waals surface area contributed by atoms with Gasteiger partial charge in [0, 0.05) is 16.8 Å². The van der Waals surface area contributed by atoms with E-state index in [0.717, 1.165) is 10.0 Å². The predicted molar refractivity (Wildman–Crippen MR) is 88.1 cm³/mol. The van der Waals surface area contributed by atoms with Gasteiger partial charge in [0.05, 0.1) is 23.6 Å². The number of thiazole rings is 1. The highest BCUT2D eigenvalue weighted by atomic mass is 32.2. The van der Waals surface area contributed by atoms with Gasteiger partial charge in [0.2, 0.25) is 0 Å². The summed E-state index contributed by atoms with van der Waals surface area (Å²) in [6, 6.07) is 0. The van der Waals surface area contributed by atoms with Crippen LogP contribution in [-0.2, 0) is 4.74 Å². The number of nitrogens with one attached hydrogen (secondary N) is 1. The zero-order valence-electron chi connectivity index (χ0n) is 13.1. The van der Waals surface area contributed by atoms with Crippen molar-refractivity contribution < 1.29 is 14.3 Å². The standard InChI is InChI=1S/C15H18N2O3S2/c1-7-6-21-15(16-7)22-10(4)13(18)12-8(2)11(9(3)17-12)14(19)20-5/h6,10,17H,1-5H3. The van der Waals surface area contributed by atoms with Crippen molar-refractivity contribution in [3.63, 3.8) is 0 Å². The van der Waals surface area contributed by atoms with E-state index in [4.69, 9.17) is 4.74 Å². The molecule has 0 saturated heterocycles. The van der Waals surface area contributed by atoms with Crippen LogP contribution in [0.3, 0.4) is 0 Å². The van der Waals surface area contributed by atoms with E-state index in [2.05, 4.69) is 9.97 Å². The van der Waals surface area contributed by atoms with Gasteiger partial charge in [-0.3, -0.25) is 4.79 Å². The predicted octanol–water partition coefficient (Wildman–Crippen LogP) is 3.55. The van der Waals surface area contributed by atoms with Crippen LogP contribution in [0.5, 0.6) is 0 Å². The van der Waals surface area contributed by atoms with E-state index in [1.54, 1.807) is 13.8 Å². The van der Waals surface area contributed by atoms with Gasteiger partial charge in [0.25, 0.3) is 0 Å². The lowest BCUT2D eigenvalue weighted by Gasteiger charge is -2.08. The van der Waals surface area contributed by atoms with E-state index in [-0.39, 0.29) is 11.0 Å². The van der Waals surface area contributed by atoms with Gasteiger partial charge in [0.15, 0.2) is 10.1 Å². The topological polar surface area (TPSA) is 72.1 Å². The van der Waals surface area contributed by atoms with Crippen molar-refractivity contribution in [1.82, 2.24) is 9.97 Å². The van der Waals surface area contributed by atoms with Crippen LogP contribution >= 0.6 is 23.1 Å². The third-order valence-corrected chi connectivity index (χ3v) is 5.51. The first kappa shape index (κ1) is 16.8. The molecule has 2 heterocycles. The molecule has 0 aliphatic carbocycles. The van der Waals surface area contributed by atoms with E-state index in [9.17, 15) is 9.59 Å². The number of ketones is 1. The van der Waals surface area contributed by atoms with Crippen LogP contribution in [-0.4, -0.2) is 34.1 Å². The molecule has 0 bridgehead atoms. The number of carbonyl (C=O) groups excluding carboxylic acids is 2. The van der Waals surface area contributed by atoms with Crippen LogP contribution in [0, 0.1) is 20.8 Å². The maximum atomic E-state index is 12.6. The van der Waals surface area contributed by atoms with E-state index >= 15 is 0 Å². The zero-order chi connectivity index (χ0) is 16.4. The smallest absolute Gasteiger partial charge is 0.339 e. The number of methoxy groups -OCH3 is 1. The second-order valence-corrected chi connectivity index (χ2v) is 7.44. The highest BCUT2D eigenvalue weighted by Gasteiger charge is 2.26. The molecule has 2 aromatic rings. The number of hydrogen-bond acceptors (Lipinski definition) is 6. The summed E-state index contributed by atoms with van der Waals surface area (Å²) in [5, 5.41) is 1.67. The second kappa shape index (κ2) is 6.66. The Morgan fingerprint density at radius 3 is 2.59 bits per heavy atom. The Morgan fingerprint density at radius 2 is 2.05 bits per heavy atom. The summed E-state index contributed by atoms with van der Waals surface area (Å²) in [6.07, 6.45) is 0. The molecule has 0 aliphatic rings. The molecular weight excluding hydrogens is 320 g/mol. The lowest BCUT2D eigenvalue weighted by atomic mass is 10.1. The SMILES string of the molecule is COC(=O)c1c(C)[nH]c(C(=O)C(C)Sc2nc(C)cs2)c1C. The summed E-state index contributed by atoms with van der Waals surface area (Å²) in [5.74, 6) is -0.477. The summed E-state index contributed by atoms with van der Waals surface area (Å²) >= 11 is 2.95. The molecule has 0 saturated carbocycles. The summed E-state index contributed by atoms with van der Waals surface area (Å²) in [4.78, 5) is 31.8. The van der Waals surface area contributed by atoms with Gasteiger partial charge in [-0.25, -0.2) is 9.78 Å². The molecule has 0 aliphatic heterocycles. The molecule has 2 rings (SSSR count). The van der Waals surface area contributed by atoms with Crippen LogP contribution in [0.25, 0.3) is 0 Å². The van der Waals surface area contributed by atoms with E-state index < -0.39 is 5.97 Å². The second-order valence-electron chi connectivity index (χ2n) is 5.00. The summed E-state index contributed by atoms with van der Waals surface area (Å²) in [7, 11) is 1.33. The number of ether oxygens (including phenoxy) is 1. The number of rotatable bonds is 5. The fourth-order valence-electron chi connectivity index (χ4n) is 2.20. The van der Waals surface area contributed by atoms with Crippen molar-refractivity contribution in [2.24, 2.45) is 0 Å². The number of aromatic amines is 1. The number of H-pyrrole nitrogens is 1. The van der Waals surface area contributed by atoms with Crippen LogP contribution in [0.4, 0.5) is 0 Å².